The lowest BCUT2D eigenvalue weighted by molar-refractivity contribution is 0.673. The molecule has 0 radical (unpaired) electrons. The van der Waals surface area contributed by atoms with E-state index in [0.717, 1.165) is 66.8 Å². The monoisotopic (exact) mass is 652 g/mol. The Morgan fingerprint density at radius 1 is 0.314 bits per heavy atom. The van der Waals surface area contributed by atoms with Crippen molar-refractivity contribution in [1.82, 2.24) is 0 Å². The van der Waals surface area contributed by atoms with E-state index >= 15 is 0 Å². The normalized spacial score (nSPS) is 11.5. The molecule has 0 saturated carbocycles. The summed E-state index contributed by atoms with van der Waals surface area (Å²) >= 11 is 0. The lowest BCUT2D eigenvalue weighted by atomic mass is 10.0. The van der Waals surface area contributed by atoms with Gasteiger partial charge in [-0.05, 0) is 87.6 Å². The largest absolute Gasteiger partial charge is 0.455 e. The average Bonchev–Trinajstić information content (AvgIpc) is 3.58. The first-order valence-corrected chi connectivity index (χ1v) is 17.3. The van der Waals surface area contributed by atoms with Crippen molar-refractivity contribution < 1.29 is 4.42 Å². The van der Waals surface area contributed by atoms with E-state index in [4.69, 9.17) is 4.42 Å². The first-order valence-electron chi connectivity index (χ1n) is 17.3. The number of nitrogens with zero attached hydrogens (tertiary/aromatic N) is 2. The van der Waals surface area contributed by atoms with Crippen LogP contribution in [0.15, 0.2) is 199 Å². The second-order valence-electron chi connectivity index (χ2n) is 13.0. The summed E-state index contributed by atoms with van der Waals surface area (Å²) in [4.78, 5) is 4.72. The van der Waals surface area contributed by atoms with Crippen molar-refractivity contribution in [2.75, 3.05) is 9.80 Å². The topological polar surface area (TPSA) is 19.6 Å². The number of hydrogen-bond acceptors (Lipinski definition) is 3. The second kappa shape index (κ2) is 11.9. The number of anilines is 6. The summed E-state index contributed by atoms with van der Waals surface area (Å²) in [7, 11) is 0. The lowest BCUT2D eigenvalue weighted by Crippen LogP contribution is -2.13. The van der Waals surface area contributed by atoms with Crippen molar-refractivity contribution in [1.29, 1.82) is 0 Å². The number of furan rings is 1. The van der Waals surface area contributed by atoms with Crippen LogP contribution >= 0.6 is 0 Å². The van der Waals surface area contributed by atoms with Gasteiger partial charge in [-0.3, -0.25) is 0 Å². The molecule has 1 aromatic heterocycles. The van der Waals surface area contributed by atoms with Gasteiger partial charge in [0.15, 0.2) is 0 Å². The summed E-state index contributed by atoms with van der Waals surface area (Å²) in [6.07, 6.45) is 0. The Kier molecular flexibility index (Phi) is 6.81. The van der Waals surface area contributed by atoms with Crippen LogP contribution in [-0.4, -0.2) is 0 Å². The van der Waals surface area contributed by atoms with Gasteiger partial charge in [-0.2, -0.15) is 0 Å². The van der Waals surface area contributed by atoms with Crippen LogP contribution in [0, 0.1) is 0 Å². The highest BCUT2D eigenvalue weighted by Crippen LogP contribution is 2.48. The average molecular weight is 653 g/mol. The maximum atomic E-state index is 6.98. The van der Waals surface area contributed by atoms with Crippen molar-refractivity contribution in [2.24, 2.45) is 0 Å². The Labute approximate surface area is 295 Å². The van der Waals surface area contributed by atoms with Gasteiger partial charge in [-0.25, -0.2) is 0 Å². The van der Waals surface area contributed by atoms with Crippen molar-refractivity contribution in [3.63, 3.8) is 0 Å². The Hall–Kier alpha value is -6.84. The third-order valence-electron chi connectivity index (χ3n) is 9.94. The minimum absolute atomic E-state index is 0.831. The number of benzene rings is 9. The van der Waals surface area contributed by atoms with Gasteiger partial charge in [-0.15, -0.1) is 0 Å². The number of fused-ring (bicyclic) bond motifs is 7. The van der Waals surface area contributed by atoms with Crippen molar-refractivity contribution in [3.05, 3.63) is 194 Å². The van der Waals surface area contributed by atoms with Gasteiger partial charge in [0.1, 0.15) is 11.2 Å². The van der Waals surface area contributed by atoms with Crippen molar-refractivity contribution >= 4 is 88.4 Å². The summed E-state index contributed by atoms with van der Waals surface area (Å²) in [6.45, 7) is 0. The molecule has 10 rings (SSSR count). The minimum Gasteiger partial charge on any atom is -0.455 e. The molecule has 1 heterocycles. The highest BCUT2D eigenvalue weighted by Gasteiger charge is 2.24. The number of rotatable bonds is 6. The molecule has 0 atom stereocenters. The van der Waals surface area contributed by atoms with Crippen LogP contribution in [0.2, 0.25) is 0 Å². The molecule has 0 N–H and O–H groups in total. The molecule has 0 spiro atoms. The van der Waals surface area contributed by atoms with E-state index in [-0.39, 0.29) is 0 Å². The Balaban J connectivity index is 1.31. The highest BCUT2D eigenvalue weighted by molar-refractivity contribution is 6.20. The van der Waals surface area contributed by atoms with Crippen molar-refractivity contribution in [3.8, 4) is 0 Å². The van der Waals surface area contributed by atoms with Gasteiger partial charge in [-0.1, -0.05) is 127 Å². The predicted molar refractivity (Wildman–Crippen MR) is 216 cm³/mol. The first-order chi connectivity index (χ1) is 25.3. The summed E-state index contributed by atoms with van der Waals surface area (Å²) in [5.74, 6) is 0. The van der Waals surface area contributed by atoms with Gasteiger partial charge < -0.3 is 14.2 Å². The van der Waals surface area contributed by atoms with E-state index in [1.807, 2.05) is 0 Å². The lowest BCUT2D eigenvalue weighted by Gasteiger charge is -2.30. The quantitative estimate of drug-likeness (QED) is 0.178. The molecule has 3 heteroatoms. The highest BCUT2D eigenvalue weighted by atomic mass is 16.3. The minimum atomic E-state index is 0.831. The van der Waals surface area contributed by atoms with Crippen LogP contribution < -0.4 is 9.80 Å². The van der Waals surface area contributed by atoms with Gasteiger partial charge in [0.25, 0.3) is 0 Å². The van der Waals surface area contributed by atoms with Crippen LogP contribution in [0.25, 0.3) is 54.3 Å². The zero-order chi connectivity index (χ0) is 33.7. The molecule has 0 saturated heterocycles. The number of hydrogen-bond donors (Lipinski definition) is 0. The molecule has 0 aliphatic heterocycles. The van der Waals surface area contributed by atoms with Crippen LogP contribution in [-0.2, 0) is 0 Å². The molecule has 0 unspecified atom stereocenters. The summed E-state index contributed by atoms with van der Waals surface area (Å²) in [5.41, 5.74) is 8.05. The zero-order valence-electron chi connectivity index (χ0n) is 27.8. The molecular weight excluding hydrogens is 621 g/mol. The van der Waals surface area contributed by atoms with E-state index in [9.17, 15) is 0 Å². The second-order valence-corrected chi connectivity index (χ2v) is 13.0. The van der Waals surface area contributed by atoms with Gasteiger partial charge >= 0.3 is 0 Å². The summed E-state index contributed by atoms with van der Waals surface area (Å²) in [6, 6.07) is 69.2. The van der Waals surface area contributed by atoms with E-state index in [0.29, 0.717) is 0 Å². The summed E-state index contributed by atoms with van der Waals surface area (Å²) in [5, 5.41) is 9.21. The van der Waals surface area contributed by atoms with Crippen LogP contribution in [0.3, 0.4) is 0 Å². The zero-order valence-corrected chi connectivity index (χ0v) is 27.8. The summed E-state index contributed by atoms with van der Waals surface area (Å²) < 4.78 is 6.98. The third kappa shape index (κ3) is 4.98. The predicted octanol–water partition coefficient (Wildman–Crippen LogP) is 14.0. The molecule has 240 valence electrons. The van der Waals surface area contributed by atoms with Gasteiger partial charge in [0.2, 0.25) is 0 Å². The molecule has 3 nitrogen and oxygen atoms in total. The molecule has 0 bridgehead atoms. The molecule has 10 aromatic rings. The molecular formula is C48H32N2O. The first kappa shape index (κ1) is 29.1. The molecule has 0 fully saturated rings. The molecule has 9 aromatic carbocycles. The molecule has 0 aliphatic carbocycles. The van der Waals surface area contributed by atoms with E-state index in [1.165, 1.54) is 21.5 Å². The van der Waals surface area contributed by atoms with Crippen LogP contribution in [0.1, 0.15) is 0 Å². The fraction of sp³-hybridized carbons (Fsp3) is 0. The van der Waals surface area contributed by atoms with E-state index < -0.39 is 0 Å². The molecule has 0 aliphatic rings. The van der Waals surface area contributed by atoms with Crippen LogP contribution in [0.4, 0.5) is 34.1 Å². The van der Waals surface area contributed by atoms with E-state index in [1.54, 1.807) is 0 Å². The van der Waals surface area contributed by atoms with Crippen LogP contribution in [0.5, 0.6) is 0 Å². The smallest absolute Gasteiger partial charge is 0.143 e. The fourth-order valence-corrected chi connectivity index (χ4v) is 7.56. The van der Waals surface area contributed by atoms with Gasteiger partial charge in [0.05, 0.1) is 16.8 Å². The van der Waals surface area contributed by atoms with E-state index in [2.05, 4.69) is 204 Å². The standard InChI is InChI=1S/C48H32N2O/c1-3-18-38(19-4-1)49(40-26-23-33-13-7-9-16-36(33)29-40)42-31-45(47-44-28-25-35-15-11-12-22-43(35)48(44)51-46(47)32-42)50(39-20-5-2-6-21-39)41-27-24-34-14-8-10-17-37(34)30-41/h1-32H. The van der Waals surface area contributed by atoms with Crippen molar-refractivity contribution in [2.45, 2.75) is 0 Å². The third-order valence-corrected chi connectivity index (χ3v) is 9.94. The van der Waals surface area contributed by atoms with Gasteiger partial charge in [0, 0.05) is 39.6 Å². The Morgan fingerprint density at radius 2 is 0.824 bits per heavy atom. The Morgan fingerprint density at radius 3 is 1.47 bits per heavy atom. The molecule has 51 heavy (non-hydrogen) atoms. The fourth-order valence-electron chi connectivity index (χ4n) is 7.56. The maximum Gasteiger partial charge on any atom is 0.143 e. The SMILES string of the molecule is c1ccc(N(c2ccc3ccccc3c2)c2cc(N(c3ccccc3)c3ccc4ccccc4c3)c3c(c2)oc2c4ccccc4ccc23)cc1. The number of para-hydroxylation sites is 2. The maximum absolute atomic E-state index is 6.98. The Bertz CT molecular complexity index is 2880. The molecule has 0 amide bonds.